The molecule has 110 valence electrons. The van der Waals surface area contributed by atoms with Gasteiger partial charge in [-0.2, -0.15) is 0 Å². The summed E-state index contributed by atoms with van der Waals surface area (Å²) in [4.78, 5) is 24.5. The molecule has 0 aromatic carbocycles. The molecule has 0 saturated heterocycles. The van der Waals surface area contributed by atoms with Crippen LogP contribution in [0.3, 0.4) is 0 Å². The van der Waals surface area contributed by atoms with Crippen molar-refractivity contribution >= 4 is 12.1 Å². The zero-order valence-electron chi connectivity index (χ0n) is 12.0. The van der Waals surface area contributed by atoms with Gasteiger partial charge in [-0.3, -0.25) is 9.69 Å². The molecular formula is C13H23NO5. The molecule has 1 amide bonds. The smallest absolute Gasteiger partial charge is 0.410 e. The highest BCUT2D eigenvalue weighted by molar-refractivity contribution is 5.73. The molecule has 0 aromatic rings. The standard InChI is InChI=1S/C13H23NO5/c1-6-7-14(12(17)19-13(2,3)4)10(9-15)8-11(16)18-5/h6,10,15H,1,7-9H2,2-5H3/t10-/m0/s1. The molecule has 0 saturated carbocycles. The SMILES string of the molecule is C=CCN(C(=O)OC(C)(C)C)[C@H](CO)CC(=O)OC. The number of ether oxygens (including phenoxy) is 2. The van der Waals surface area contributed by atoms with Crippen LogP contribution in [0.5, 0.6) is 0 Å². The van der Waals surface area contributed by atoms with Gasteiger partial charge < -0.3 is 14.6 Å². The van der Waals surface area contributed by atoms with Gasteiger partial charge in [0.1, 0.15) is 5.60 Å². The van der Waals surface area contributed by atoms with Crippen LogP contribution in [0.15, 0.2) is 12.7 Å². The monoisotopic (exact) mass is 273 g/mol. The number of hydrogen-bond donors (Lipinski definition) is 1. The third-order valence-electron chi connectivity index (χ3n) is 2.24. The van der Waals surface area contributed by atoms with Crippen molar-refractivity contribution in [1.29, 1.82) is 0 Å². The van der Waals surface area contributed by atoms with Gasteiger partial charge in [0.15, 0.2) is 0 Å². The van der Waals surface area contributed by atoms with Crippen molar-refractivity contribution in [2.75, 3.05) is 20.3 Å². The lowest BCUT2D eigenvalue weighted by Crippen LogP contribution is -2.46. The second-order valence-electron chi connectivity index (χ2n) is 5.04. The Kier molecular flexibility index (Phi) is 7.14. The van der Waals surface area contributed by atoms with Gasteiger partial charge in [0.25, 0.3) is 0 Å². The molecule has 0 aliphatic carbocycles. The van der Waals surface area contributed by atoms with E-state index in [-0.39, 0.29) is 19.6 Å². The molecule has 6 nitrogen and oxygen atoms in total. The first-order valence-electron chi connectivity index (χ1n) is 6.03. The number of nitrogens with zero attached hydrogens (tertiary/aromatic N) is 1. The first-order valence-corrected chi connectivity index (χ1v) is 6.03. The lowest BCUT2D eigenvalue weighted by molar-refractivity contribution is -0.142. The zero-order chi connectivity index (χ0) is 15.1. The van der Waals surface area contributed by atoms with E-state index in [9.17, 15) is 14.7 Å². The number of hydrogen-bond acceptors (Lipinski definition) is 5. The molecule has 0 fully saturated rings. The minimum Gasteiger partial charge on any atom is -0.469 e. The summed E-state index contributed by atoms with van der Waals surface area (Å²) in [5.74, 6) is -0.503. The van der Waals surface area contributed by atoms with Crippen molar-refractivity contribution < 1.29 is 24.2 Å². The number of aliphatic hydroxyl groups is 1. The van der Waals surface area contributed by atoms with Crippen molar-refractivity contribution in [3.8, 4) is 0 Å². The molecule has 0 aromatic heterocycles. The molecule has 0 spiro atoms. The fourth-order valence-corrected chi connectivity index (χ4v) is 1.38. The topological polar surface area (TPSA) is 76.1 Å². The maximum absolute atomic E-state index is 12.0. The Hall–Kier alpha value is -1.56. The van der Waals surface area contributed by atoms with Crippen LogP contribution in [-0.2, 0) is 14.3 Å². The Balaban J connectivity index is 4.88. The summed E-state index contributed by atoms with van der Waals surface area (Å²) in [6.07, 6.45) is 0.805. The molecule has 6 heteroatoms. The van der Waals surface area contributed by atoms with Crippen molar-refractivity contribution in [2.45, 2.75) is 38.8 Å². The van der Waals surface area contributed by atoms with E-state index in [1.807, 2.05) is 0 Å². The fraction of sp³-hybridized carbons (Fsp3) is 0.692. The number of carbonyl (C=O) groups excluding carboxylic acids is 2. The van der Waals surface area contributed by atoms with Gasteiger partial charge in [-0.1, -0.05) is 6.08 Å². The van der Waals surface area contributed by atoms with Gasteiger partial charge in [-0.05, 0) is 20.8 Å². The second kappa shape index (κ2) is 7.78. The molecule has 0 heterocycles. The average molecular weight is 273 g/mol. The second-order valence-corrected chi connectivity index (χ2v) is 5.04. The van der Waals surface area contributed by atoms with Crippen LogP contribution in [0.4, 0.5) is 4.79 Å². The Morgan fingerprint density at radius 3 is 2.37 bits per heavy atom. The summed E-state index contributed by atoms with van der Waals surface area (Å²) >= 11 is 0. The molecular weight excluding hydrogens is 250 g/mol. The number of amides is 1. The van der Waals surface area contributed by atoms with E-state index >= 15 is 0 Å². The van der Waals surface area contributed by atoms with Crippen LogP contribution in [0, 0.1) is 0 Å². The lowest BCUT2D eigenvalue weighted by Gasteiger charge is -2.31. The molecule has 0 rings (SSSR count). The summed E-state index contributed by atoms with van der Waals surface area (Å²) in [5, 5.41) is 9.32. The molecule has 0 radical (unpaired) electrons. The molecule has 0 aliphatic rings. The first-order chi connectivity index (χ1) is 8.75. The van der Waals surface area contributed by atoms with E-state index in [0.717, 1.165) is 0 Å². The summed E-state index contributed by atoms with van der Waals surface area (Å²) in [7, 11) is 1.25. The van der Waals surface area contributed by atoms with E-state index in [1.165, 1.54) is 18.1 Å². The zero-order valence-corrected chi connectivity index (χ0v) is 12.0. The number of carbonyl (C=O) groups is 2. The van der Waals surface area contributed by atoms with E-state index in [1.54, 1.807) is 20.8 Å². The average Bonchev–Trinajstić information content (AvgIpc) is 2.30. The van der Waals surface area contributed by atoms with Crippen LogP contribution in [-0.4, -0.2) is 54.0 Å². The summed E-state index contributed by atoms with van der Waals surface area (Å²) < 4.78 is 9.76. The quantitative estimate of drug-likeness (QED) is 0.583. The maximum Gasteiger partial charge on any atom is 0.410 e. The summed E-state index contributed by atoms with van der Waals surface area (Å²) in [6, 6.07) is -0.694. The van der Waals surface area contributed by atoms with Crippen LogP contribution in [0.25, 0.3) is 0 Å². The van der Waals surface area contributed by atoms with Gasteiger partial charge in [-0.15, -0.1) is 6.58 Å². The third kappa shape index (κ3) is 6.81. The third-order valence-corrected chi connectivity index (χ3v) is 2.24. The normalized spacial score (nSPS) is 12.5. The number of esters is 1. The van der Waals surface area contributed by atoms with Gasteiger partial charge in [-0.25, -0.2) is 4.79 Å². The lowest BCUT2D eigenvalue weighted by atomic mass is 10.2. The van der Waals surface area contributed by atoms with E-state index in [2.05, 4.69) is 11.3 Å². The van der Waals surface area contributed by atoms with Crippen molar-refractivity contribution in [3.63, 3.8) is 0 Å². The summed E-state index contributed by atoms with van der Waals surface area (Å²) in [6.45, 7) is 8.59. The highest BCUT2D eigenvalue weighted by atomic mass is 16.6. The summed E-state index contributed by atoms with van der Waals surface area (Å²) in [5.41, 5.74) is -0.651. The number of rotatable bonds is 6. The van der Waals surface area contributed by atoms with Crippen molar-refractivity contribution in [2.24, 2.45) is 0 Å². The minimum absolute atomic E-state index is 0.0971. The van der Waals surface area contributed by atoms with Gasteiger partial charge >= 0.3 is 12.1 Å². The molecule has 0 aliphatic heterocycles. The van der Waals surface area contributed by atoms with E-state index < -0.39 is 23.7 Å². The first kappa shape index (κ1) is 17.4. The Morgan fingerprint density at radius 1 is 1.42 bits per heavy atom. The molecule has 1 N–H and O–H groups in total. The predicted molar refractivity (Wildman–Crippen MR) is 70.6 cm³/mol. The van der Waals surface area contributed by atoms with Gasteiger partial charge in [0.2, 0.25) is 0 Å². The highest BCUT2D eigenvalue weighted by Crippen LogP contribution is 2.14. The highest BCUT2D eigenvalue weighted by Gasteiger charge is 2.28. The number of methoxy groups -OCH3 is 1. The maximum atomic E-state index is 12.0. The Labute approximate surface area is 114 Å². The Bertz CT molecular complexity index is 321. The number of aliphatic hydroxyl groups excluding tert-OH is 1. The Morgan fingerprint density at radius 2 is 2.00 bits per heavy atom. The van der Waals surface area contributed by atoms with Crippen LogP contribution >= 0.6 is 0 Å². The molecule has 1 atom stereocenters. The van der Waals surface area contributed by atoms with Crippen molar-refractivity contribution in [1.82, 2.24) is 4.90 Å². The van der Waals surface area contributed by atoms with E-state index in [4.69, 9.17) is 4.74 Å². The largest absolute Gasteiger partial charge is 0.469 e. The molecule has 0 unspecified atom stereocenters. The van der Waals surface area contributed by atoms with Crippen LogP contribution < -0.4 is 0 Å². The van der Waals surface area contributed by atoms with Gasteiger partial charge in [0.05, 0.1) is 26.2 Å². The molecule has 19 heavy (non-hydrogen) atoms. The minimum atomic E-state index is -0.694. The fourth-order valence-electron chi connectivity index (χ4n) is 1.38. The molecule has 0 bridgehead atoms. The predicted octanol–water partition coefficient (Wildman–Crippen LogP) is 1.33. The van der Waals surface area contributed by atoms with Crippen LogP contribution in [0.1, 0.15) is 27.2 Å². The van der Waals surface area contributed by atoms with E-state index in [0.29, 0.717) is 0 Å². The van der Waals surface area contributed by atoms with Gasteiger partial charge in [0, 0.05) is 6.54 Å². The van der Waals surface area contributed by atoms with Crippen molar-refractivity contribution in [3.05, 3.63) is 12.7 Å². The van der Waals surface area contributed by atoms with Crippen LogP contribution in [0.2, 0.25) is 0 Å².